The SMILES string of the molecule is Cc1cc2c(cc1F)O[C@@H]([C@@H]1COC(C)(C)O1)CC2. The lowest BCUT2D eigenvalue weighted by Crippen LogP contribution is -2.37. The minimum absolute atomic E-state index is 0.0589. The maximum atomic E-state index is 13.6. The largest absolute Gasteiger partial charge is 0.487 e. The van der Waals surface area contributed by atoms with Crippen LogP contribution in [0.15, 0.2) is 12.1 Å². The van der Waals surface area contributed by atoms with E-state index in [1.54, 1.807) is 6.92 Å². The molecule has 104 valence electrons. The smallest absolute Gasteiger partial charge is 0.163 e. The third-order valence-electron chi connectivity index (χ3n) is 3.76. The Bertz CT molecular complexity index is 498. The van der Waals surface area contributed by atoms with Gasteiger partial charge in [-0.3, -0.25) is 0 Å². The first kappa shape index (κ1) is 12.9. The predicted octanol–water partition coefficient (Wildman–Crippen LogP) is 2.98. The minimum atomic E-state index is -0.549. The van der Waals surface area contributed by atoms with Crippen molar-refractivity contribution in [2.45, 2.75) is 51.6 Å². The molecule has 2 aliphatic rings. The van der Waals surface area contributed by atoms with Gasteiger partial charge in [0.2, 0.25) is 0 Å². The van der Waals surface area contributed by atoms with E-state index in [-0.39, 0.29) is 18.0 Å². The summed E-state index contributed by atoms with van der Waals surface area (Å²) in [5, 5.41) is 0. The number of aryl methyl sites for hydroxylation is 2. The third-order valence-corrected chi connectivity index (χ3v) is 3.76. The van der Waals surface area contributed by atoms with Gasteiger partial charge in [-0.25, -0.2) is 4.39 Å². The summed E-state index contributed by atoms with van der Waals surface area (Å²) in [5.41, 5.74) is 1.75. The van der Waals surface area contributed by atoms with E-state index in [1.165, 1.54) is 6.07 Å². The highest BCUT2D eigenvalue weighted by Crippen LogP contribution is 2.34. The maximum absolute atomic E-state index is 13.6. The van der Waals surface area contributed by atoms with Gasteiger partial charge < -0.3 is 14.2 Å². The first-order chi connectivity index (χ1) is 8.94. The second-order valence-corrected chi connectivity index (χ2v) is 5.77. The summed E-state index contributed by atoms with van der Waals surface area (Å²) in [6.07, 6.45) is 1.63. The highest BCUT2D eigenvalue weighted by molar-refractivity contribution is 5.39. The molecule has 0 amide bonds. The van der Waals surface area contributed by atoms with Crippen LogP contribution in [0, 0.1) is 12.7 Å². The molecule has 0 aliphatic carbocycles. The van der Waals surface area contributed by atoms with E-state index in [1.807, 2.05) is 19.9 Å². The van der Waals surface area contributed by atoms with Crippen molar-refractivity contribution < 1.29 is 18.6 Å². The number of fused-ring (bicyclic) bond motifs is 1. The first-order valence-corrected chi connectivity index (χ1v) is 6.72. The molecule has 19 heavy (non-hydrogen) atoms. The summed E-state index contributed by atoms with van der Waals surface area (Å²) >= 11 is 0. The average Bonchev–Trinajstić information content (AvgIpc) is 2.71. The molecule has 1 aromatic carbocycles. The van der Waals surface area contributed by atoms with E-state index in [9.17, 15) is 4.39 Å². The van der Waals surface area contributed by atoms with Crippen LogP contribution >= 0.6 is 0 Å². The Hall–Kier alpha value is -1.13. The molecule has 1 saturated heterocycles. The molecule has 0 saturated carbocycles. The molecular formula is C15H19FO3. The van der Waals surface area contributed by atoms with Crippen LogP contribution in [0.4, 0.5) is 4.39 Å². The zero-order valence-electron chi connectivity index (χ0n) is 11.5. The Morgan fingerprint density at radius 1 is 1.26 bits per heavy atom. The summed E-state index contributed by atoms with van der Waals surface area (Å²) in [7, 11) is 0. The van der Waals surface area contributed by atoms with Crippen LogP contribution in [0.5, 0.6) is 5.75 Å². The van der Waals surface area contributed by atoms with Crippen LogP contribution in [0.3, 0.4) is 0 Å². The Balaban J connectivity index is 1.77. The standard InChI is InChI=1S/C15H19FO3/c1-9-6-10-4-5-12(18-13(10)7-11(9)16)14-8-17-15(2,3)19-14/h6-7,12,14H,4-5,8H2,1-3H3/t12-,14+/m1/s1. The number of hydrogen-bond donors (Lipinski definition) is 0. The number of ether oxygens (including phenoxy) is 3. The molecule has 0 bridgehead atoms. The van der Waals surface area contributed by atoms with Crippen molar-refractivity contribution in [2.24, 2.45) is 0 Å². The van der Waals surface area contributed by atoms with Crippen molar-refractivity contribution in [2.75, 3.05) is 6.61 Å². The van der Waals surface area contributed by atoms with Gasteiger partial charge in [0.05, 0.1) is 6.61 Å². The zero-order chi connectivity index (χ0) is 13.6. The number of hydrogen-bond acceptors (Lipinski definition) is 3. The third kappa shape index (κ3) is 2.47. The van der Waals surface area contributed by atoms with Gasteiger partial charge in [0, 0.05) is 6.07 Å². The molecule has 3 rings (SSSR count). The van der Waals surface area contributed by atoms with Gasteiger partial charge in [-0.15, -0.1) is 0 Å². The van der Waals surface area contributed by atoms with Gasteiger partial charge in [0.15, 0.2) is 5.79 Å². The summed E-state index contributed by atoms with van der Waals surface area (Å²) < 4.78 is 30.9. The summed E-state index contributed by atoms with van der Waals surface area (Å²) in [5.74, 6) is -0.122. The summed E-state index contributed by atoms with van der Waals surface area (Å²) in [4.78, 5) is 0. The molecular weight excluding hydrogens is 247 g/mol. The van der Waals surface area contributed by atoms with Crippen LogP contribution in [-0.2, 0) is 15.9 Å². The van der Waals surface area contributed by atoms with Gasteiger partial charge in [-0.2, -0.15) is 0 Å². The fourth-order valence-corrected chi connectivity index (χ4v) is 2.71. The van der Waals surface area contributed by atoms with Crippen LogP contribution in [-0.4, -0.2) is 24.6 Å². The number of rotatable bonds is 1. The number of benzene rings is 1. The maximum Gasteiger partial charge on any atom is 0.163 e. The second kappa shape index (κ2) is 4.46. The minimum Gasteiger partial charge on any atom is -0.487 e. The van der Waals surface area contributed by atoms with E-state index >= 15 is 0 Å². The first-order valence-electron chi connectivity index (χ1n) is 6.72. The van der Waals surface area contributed by atoms with E-state index in [2.05, 4.69) is 0 Å². The average molecular weight is 266 g/mol. The molecule has 0 N–H and O–H groups in total. The normalized spacial score (nSPS) is 28.8. The Morgan fingerprint density at radius 2 is 2.05 bits per heavy atom. The van der Waals surface area contributed by atoms with Crippen molar-refractivity contribution in [3.05, 3.63) is 29.1 Å². The predicted molar refractivity (Wildman–Crippen MR) is 68.8 cm³/mol. The Morgan fingerprint density at radius 3 is 2.74 bits per heavy atom. The number of halogens is 1. The van der Waals surface area contributed by atoms with Crippen molar-refractivity contribution in [3.63, 3.8) is 0 Å². The second-order valence-electron chi connectivity index (χ2n) is 5.77. The van der Waals surface area contributed by atoms with Crippen LogP contribution < -0.4 is 4.74 Å². The lowest BCUT2D eigenvalue weighted by molar-refractivity contribution is -0.149. The van der Waals surface area contributed by atoms with Gasteiger partial charge in [-0.05, 0) is 50.8 Å². The molecule has 0 unspecified atom stereocenters. The van der Waals surface area contributed by atoms with E-state index in [4.69, 9.17) is 14.2 Å². The molecule has 2 aliphatic heterocycles. The fourth-order valence-electron chi connectivity index (χ4n) is 2.71. The monoisotopic (exact) mass is 266 g/mol. The quantitative estimate of drug-likeness (QED) is 0.782. The highest BCUT2D eigenvalue weighted by atomic mass is 19.1. The Labute approximate surface area is 112 Å². The molecule has 1 fully saturated rings. The highest BCUT2D eigenvalue weighted by Gasteiger charge is 2.39. The lowest BCUT2D eigenvalue weighted by Gasteiger charge is -2.30. The molecule has 2 atom stereocenters. The van der Waals surface area contributed by atoms with Crippen molar-refractivity contribution in [3.8, 4) is 5.75 Å². The van der Waals surface area contributed by atoms with Crippen molar-refractivity contribution in [1.29, 1.82) is 0 Å². The van der Waals surface area contributed by atoms with E-state index in [0.717, 1.165) is 18.4 Å². The molecule has 0 spiro atoms. The Kier molecular flexibility index (Phi) is 3.02. The molecule has 4 heteroatoms. The van der Waals surface area contributed by atoms with Gasteiger partial charge in [0.1, 0.15) is 23.8 Å². The van der Waals surface area contributed by atoms with Crippen LogP contribution in [0.25, 0.3) is 0 Å². The van der Waals surface area contributed by atoms with Crippen LogP contribution in [0.2, 0.25) is 0 Å². The van der Waals surface area contributed by atoms with Crippen molar-refractivity contribution >= 4 is 0 Å². The zero-order valence-corrected chi connectivity index (χ0v) is 11.5. The van der Waals surface area contributed by atoms with Crippen LogP contribution in [0.1, 0.15) is 31.4 Å². The van der Waals surface area contributed by atoms with E-state index in [0.29, 0.717) is 17.9 Å². The molecule has 2 heterocycles. The van der Waals surface area contributed by atoms with E-state index < -0.39 is 5.79 Å². The van der Waals surface area contributed by atoms with Gasteiger partial charge in [-0.1, -0.05) is 0 Å². The lowest BCUT2D eigenvalue weighted by atomic mass is 9.97. The summed E-state index contributed by atoms with van der Waals surface area (Å²) in [6.45, 7) is 6.10. The molecule has 1 aromatic rings. The summed E-state index contributed by atoms with van der Waals surface area (Å²) in [6, 6.07) is 3.36. The molecule has 0 radical (unpaired) electrons. The topological polar surface area (TPSA) is 27.7 Å². The molecule has 3 nitrogen and oxygen atoms in total. The fraction of sp³-hybridized carbons (Fsp3) is 0.600. The van der Waals surface area contributed by atoms with Gasteiger partial charge in [0.25, 0.3) is 0 Å². The van der Waals surface area contributed by atoms with Gasteiger partial charge >= 0.3 is 0 Å². The van der Waals surface area contributed by atoms with Crippen molar-refractivity contribution in [1.82, 2.24) is 0 Å². The molecule has 0 aromatic heterocycles.